The average molecular weight is 319 g/mol. The Balaban J connectivity index is 1.82. The van der Waals surface area contributed by atoms with Crippen LogP contribution in [0.25, 0.3) is 0 Å². The maximum atomic E-state index is 5.89. The van der Waals surface area contributed by atoms with Gasteiger partial charge in [-0.15, -0.1) is 0 Å². The van der Waals surface area contributed by atoms with Crippen LogP contribution in [0, 0.1) is 11.8 Å². The molecule has 0 bridgehead atoms. The molecule has 1 aromatic rings. The van der Waals surface area contributed by atoms with E-state index in [2.05, 4.69) is 55.3 Å². The molecule has 1 atom stereocenters. The molecule has 2 rings (SSSR count). The number of nitrogens with one attached hydrogen (secondary N) is 1. The molecule has 1 saturated heterocycles. The lowest BCUT2D eigenvalue weighted by Gasteiger charge is -2.33. The fourth-order valence-electron chi connectivity index (χ4n) is 3.21. The van der Waals surface area contributed by atoms with Crippen LogP contribution in [0.4, 0.5) is 0 Å². The molecule has 0 aromatic heterocycles. The number of hydrogen-bond acceptors (Lipinski definition) is 3. The Hall–Kier alpha value is -1.06. The number of hydrogen-bond donors (Lipinski definition) is 1. The molecule has 1 unspecified atom stereocenters. The topological polar surface area (TPSA) is 24.5 Å². The minimum atomic E-state index is 0.695. The standard InChI is InChI=1S/C20H34N2O/c1-4-21-14-19-8-6-11-22(16-19)15-18-7-5-9-20(13-18)23-12-10-17(2)3/h5,7,9,13,17,19,21H,4,6,8,10-12,14-16H2,1-3H3. The van der Waals surface area contributed by atoms with Gasteiger partial charge in [0.25, 0.3) is 0 Å². The Labute approximate surface area is 142 Å². The molecule has 1 heterocycles. The lowest BCUT2D eigenvalue weighted by atomic mass is 9.97. The van der Waals surface area contributed by atoms with Crippen molar-refractivity contribution in [3.05, 3.63) is 29.8 Å². The first-order valence-corrected chi connectivity index (χ1v) is 9.32. The van der Waals surface area contributed by atoms with Gasteiger partial charge in [-0.05, 0) is 68.4 Å². The monoisotopic (exact) mass is 318 g/mol. The van der Waals surface area contributed by atoms with Crippen molar-refractivity contribution in [2.24, 2.45) is 11.8 Å². The summed E-state index contributed by atoms with van der Waals surface area (Å²) in [7, 11) is 0. The molecule has 0 aliphatic carbocycles. The van der Waals surface area contributed by atoms with Crippen molar-refractivity contribution in [3.63, 3.8) is 0 Å². The molecule has 1 aromatic carbocycles. The fraction of sp³-hybridized carbons (Fsp3) is 0.700. The molecular weight excluding hydrogens is 284 g/mol. The summed E-state index contributed by atoms with van der Waals surface area (Å²) in [5.41, 5.74) is 1.37. The summed E-state index contributed by atoms with van der Waals surface area (Å²) >= 11 is 0. The molecule has 0 saturated carbocycles. The molecule has 1 aliphatic rings. The second-order valence-corrected chi connectivity index (χ2v) is 7.23. The van der Waals surface area contributed by atoms with E-state index in [0.717, 1.165) is 44.3 Å². The second kappa shape index (κ2) is 9.94. The van der Waals surface area contributed by atoms with Crippen LogP contribution in [-0.4, -0.2) is 37.7 Å². The van der Waals surface area contributed by atoms with Crippen LogP contribution in [-0.2, 0) is 6.54 Å². The first-order valence-electron chi connectivity index (χ1n) is 9.32. The van der Waals surface area contributed by atoms with Gasteiger partial charge in [0.05, 0.1) is 6.61 Å². The highest BCUT2D eigenvalue weighted by atomic mass is 16.5. The molecule has 23 heavy (non-hydrogen) atoms. The van der Waals surface area contributed by atoms with Gasteiger partial charge < -0.3 is 10.1 Å². The van der Waals surface area contributed by atoms with E-state index in [4.69, 9.17) is 4.74 Å². The summed E-state index contributed by atoms with van der Waals surface area (Å²) in [6, 6.07) is 8.64. The van der Waals surface area contributed by atoms with Crippen LogP contribution < -0.4 is 10.1 Å². The number of likely N-dealkylation sites (tertiary alicyclic amines) is 1. The molecule has 3 nitrogen and oxygen atoms in total. The molecule has 3 heteroatoms. The summed E-state index contributed by atoms with van der Waals surface area (Å²) in [5, 5.41) is 3.50. The van der Waals surface area contributed by atoms with Crippen LogP contribution in [0.2, 0.25) is 0 Å². The Morgan fingerprint density at radius 2 is 2.22 bits per heavy atom. The van der Waals surface area contributed by atoms with E-state index >= 15 is 0 Å². The Morgan fingerprint density at radius 1 is 1.35 bits per heavy atom. The zero-order valence-electron chi connectivity index (χ0n) is 15.2. The van der Waals surface area contributed by atoms with Crippen molar-refractivity contribution in [1.82, 2.24) is 10.2 Å². The van der Waals surface area contributed by atoms with Gasteiger partial charge in [0.15, 0.2) is 0 Å². The van der Waals surface area contributed by atoms with Gasteiger partial charge >= 0.3 is 0 Å². The molecule has 1 aliphatic heterocycles. The van der Waals surface area contributed by atoms with Gasteiger partial charge in [-0.25, -0.2) is 0 Å². The van der Waals surface area contributed by atoms with Gasteiger partial charge in [0, 0.05) is 13.1 Å². The summed E-state index contributed by atoms with van der Waals surface area (Å²) in [6.45, 7) is 13.2. The van der Waals surface area contributed by atoms with E-state index < -0.39 is 0 Å². The van der Waals surface area contributed by atoms with Crippen molar-refractivity contribution in [2.45, 2.75) is 46.6 Å². The minimum absolute atomic E-state index is 0.695. The third kappa shape index (κ3) is 6.92. The predicted molar refractivity (Wildman–Crippen MR) is 97.9 cm³/mol. The zero-order valence-corrected chi connectivity index (χ0v) is 15.2. The van der Waals surface area contributed by atoms with Gasteiger partial charge in [-0.2, -0.15) is 0 Å². The van der Waals surface area contributed by atoms with Crippen LogP contribution in [0.1, 0.15) is 45.6 Å². The summed E-state index contributed by atoms with van der Waals surface area (Å²) in [6.07, 6.45) is 3.80. The zero-order chi connectivity index (χ0) is 16.5. The van der Waals surface area contributed by atoms with Crippen molar-refractivity contribution in [2.75, 3.05) is 32.8 Å². The number of nitrogens with zero attached hydrogens (tertiary/aromatic N) is 1. The number of rotatable bonds is 9. The highest BCUT2D eigenvalue weighted by Crippen LogP contribution is 2.20. The van der Waals surface area contributed by atoms with E-state index in [-0.39, 0.29) is 0 Å². The van der Waals surface area contributed by atoms with Crippen molar-refractivity contribution < 1.29 is 4.74 Å². The first-order chi connectivity index (χ1) is 11.2. The van der Waals surface area contributed by atoms with Crippen LogP contribution in [0.15, 0.2) is 24.3 Å². The van der Waals surface area contributed by atoms with Gasteiger partial charge in [-0.3, -0.25) is 4.90 Å². The summed E-state index contributed by atoms with van der Waals surface area (Å²) in [5.74, 6) is 2.51. The lowest BCUT2D eigenvalue weighted by Crippen LogP contribution is -2.39. The molecule has 1 fully saturated rings. The maximum Gasteiger partial charge on any atom is 0.119 e. The molecule has 0 radical (unpaired) electrons. The summed E-state index contributed by atoms with van der Waals surface area (Å²) in [4.78, 5) is 2.60. The highest BCUT2D eigenvalue weighted by molar-refractivity contribution is 5.28. The second-order valence-electron chi connectivity index (χ2n) is 7.23. The Kier molecular flexibility index (Phi) is 7.90. The smallest absolute Gasteiger partial charge is 0.119 e. The third-order valence-corrected chi connectivity index (χ3v) is 4.55. The third-order valence-electron chi connectivity index (χ3n) is 4.55. The van der Waals surface area contributed by atoms with Crippen LogP contribution >= 0.6 is 0 Å². The maximum absolute atomic E-state index is 5.89. The number of ether oxygens (including phenoxy) is 1. The largest absolute Gasteiger partial charge is 0.494 e. The highest BCUT2D eigenvalue weighted by Gasteiger charge is 2.19. The molecule has 0 amide bonds. The first kappa shape index (κ1) is 18.3. The van der Waals surface area contributed by atoms with E-state index in [1.54, 1.807) is 0 Å². The van der Waals surface area contributed by atoms with Crippen LogP contribution in [0.5, 0.6) is 5.75 Å². The summed E-state index contributed by atoms with van der Waals surface area (Å²) < 4.78 is 5.89. The van der Waals surface area contributed by atoms with Crippen molar-refractivity contribution in [1.29, 1.82) is 0 Å². The normalized spacial score (nSPS) is 19.2. The van der Waals surface area contributed by atoms with E-state index in [9.17, 15) is 0 Å². The average Bonchev–Trinajstić information content (AvgIpc) is 2.53. The number of benzene rings is 1. The van der Waals surface area contributed by atoms with E-state index in [1.807, 2.05) is 0 Å². The lowest BCUT2D eigenvalue weighted by molar-refractivity contribution is 0.165. The fourth-order valence-corrected chi connectivity index (χ4v) is 3.21. The van der Waals surface area contributed by atoms with Gasteiger partial charge in [-0.1, -0.05) is 32.9 Å². The molecule has 0 spiro atoms. The predicted octanol–water partition coefficient (Wildman–Crippen LogP) is 3.93. The SMILES string of the molecule is CCNCC1CCCN(Cc2cccc(OCCC(C)C)c2)C1. The van der Waals surface area contributed by atoms with E-state index in [1.165, 1.54) is 31.5 Å². The van der Waals surface area contributed by atoms with Gasteiger partial charge in [0.2, 0.25) is 0 Å². The molecule has 1 N–H and O–H groups in total. The number of piperidine rings is 1. The van der Waals surface area contributed by atoms with Crippen molar-refractivity contribution in [3.8, 4) is 5.75 Å². The van der Waals surface area contributed by atoms with Crippen molar-refractivity contribution >= 4 is 0 Å². The van der Waals surface area contributed by atoms with E-state index in [0.29, 0.717) is 5.92 Å². The molecule has 130 valence electrons. The molecular formula is C20H34N2O. The Morgan fingerprint density at radius 3 is 3.00 bits per heavy atom. The van der Waals surface area contributed by atoms with Gasteiger partial charge in [0.1, 0.15) is 5.75 Å². The minimum Gasteiger partial charge on any atom is -0.494 e. The Bertz CT molecular complexity index is 447. The quantitative estimate of drug-likeness (QED) is 0.746. The van der Waals surface area contributed by atoms with Crippen LogP contribution in [0.3, 0.4) is 0 Å².